The van der Waals surface area contributed by atoms with Gasteiger partial charge in [-0.25, -0.2) is 0 Å². The first-order chi connectivity index (χ1) is 13.8. The van der Waals surface area contributed by atoms with Crippen LogP contribution in [0.15, 0.2) is 53.5 Å². The second-order valence-corrected chi connectivity index (χ2v) is 7.18. The Kier molecular flexibility index (Phi) is 5.72. The molecule has 0 saturated heterocycles. The third-order valence-electron chi connectivity index (χ3n) is 4.94. The van der Waals surface area contributed by atoms with Gasteiger partial charge in [-0.05, 0) is 43.5 Å². The van der Waals surface area contributed by atoms with Crippen molar-refractivity contribution in [2.45, 2.75) is 19.8 Å². The Morgan fingerprint density at radius 3 is 2.69 bits per heavy atom. The van der Waals surface area contributed by atoms with Gasteiger partial charge < -0.3 is 21.7 Å². The number of nitrogens with zero attached hydrogens (tertiary/aromatic N) is 2. The summed E-state index contributed by atoms with van der Waals surface area (Å²) >= 11 is 0. The maximum atomic E-state index is 12.4. The quantitative estimate of drug-likeness (QED) is 0.495. The summed E-state index contributed by atoms with van der Waals surface area (Å²) in [6, 6.07) is 7.73. The highest BCUT2D eigenvalue weighted by atomic mass is 16.2. The normalized spacial score (nSPS) is 17.7. The summed E-state index contributed by atoms with van der Waals surface area (Å²) in [5, 5.41) is 2.59. The Morgan fingerprint density at radius 1 is 1.21 bits per heavy atom. The first-order valence-electron chi connectivity index (χ1n) is 9.38. The second kappa shape index (κ2) is 8.22. The van der Waals surface area contributed by atoms with Crippen molar-refractivity contribution < 1.29 is 14.4 Å². The van der Waals surface area contributed by atoms with Crippen molar-refractivity contribution in [1.29, 1.82) is 0 Å². The minimum absolute atomic E-state index is 0.0582. The van der Waals surface area contributed by atoms with Gasteiger partial charge in [0.1, 0.15) is 11.5 Å². The van der Waals surface area contributed by atoms with Gasteiger partial charge in [0.2, 0.25) is 5.91 Å². The van der Waals surface area contributed by atoms with Crippen molar-refractivity contribution in [1.82, 2.24) is 15.1 Å². The van der Waals surface area contributed by atoms with Crippen molar-refractivity contribution in [2.24, 2.45) is 11.5 Å². The smallest absolute Gasteiger partial charge is 0.277 e. The lowest BCUT2D eigenvalue weighted by molar-refractivity contribution is -0.136. The summed E-state index contributed by atoms with van der Waals surface area (Å²) in [7, 11) is 1.45. The molecule has 3 rings (SSSR count). The van der Waals surface area contributed by atoms with E-state index in [9.17, 15) is 14.4 Å². The lowest BCUT2D eigenvalue weighted by atomic mass is 10.0. The number of amides is 3. The summed E-state index contributed by atoms with van der Waals surface area (Å²) < 4.78 is 0. The van der Waals surface area contributed by atoms with E-state index >= 15 is 0 Å². The number of rotatable bonds is 5. The van der Waals surface area contributed by atoms with E-state index in [1.165, 1.54) is 13.1 Å². The van der Waals surface area contributed by atoms with Gasteiger partial charge in [-0.15, -0.1) is 0 Å². The zero-order chi connectivity index (χ0) is 21.1. The highest BCUT2D eigenvalue weighted by Gasteiger charge is 2.40. The number of benzene rings is 1. The first-order valence-corrected chi connectivity index (χ1v) is 9.38. The lowest BCUT2D eigenvalue weighted by Crippen LogP contribution is -2.41. The van der Waals surface area contributed by atoms with E-state index in [2.05, 4.69) is 5.32 Å². The summed E-state index contributed by atoms with van der Waals surface area (Å²) in [4.78, 5) is 39.5. The van der Waals surface area contributed by atoms with E-state index in [4.69, 9.17) is 11.5 Å². The largest absolute Gasteiger partial charge is 0.398 e. The molecule has 0 aromatic heterocycles. The molecular formula is C21H25N5O3. The van der Waals surface area contributed by atoms with Crippen molar-refractivity contribution in [3.63, 3.8) is 0 Å². The van der Waals surface area contributed by atoms with Crippen molar-refractivity contribution in [3.8, 4) is 0 Å². The van der Waals surface area contributed by atoms with E-state index in [1.54, 1.807) is 11.0 Å². The minimum Gasteiger partial charge on any atom is -0.398 e. The van der Waals surface area contributed by atoms with Gasteiger partial charge in [0.15, 0.2) is 0 Å². The molecule has 152 valence electrons. The summed E-state index contributed by atoms with van der Waals surface area (Å²) in [5.41, 5.74) is 15.2. The Morgan fingerprint density at radius 2 is 1.97 bits per heavy atom. The van der Waals surface area contributed by atoms with Gasteiger partial charge in [0.25, 0.3) is 11.8 Å². The molecule has 8 nitrogen and oxygen atoms in total. The summed E-state index contributed by atoms with van der Waals surface area (Å²) in [6.45, 7) is 2.45. The van der Waals surface area contributed by atoms with Crippen LogP contribution in [0.5, 0.6) is 0 Å². The van der Waals surface area contributed by atoms with Crippen LogP contribution in [0.25, 0.3) is 5.70 Å². The lowest BCUT2D eigenvalue weighted by Gasteiger charge is -2.28. The molecule has 8 heteroatoms. The van der Waals surface area contributed by atoms with Gasteiger partial charge in [-0.2, -0.15) is 0 Å². The predicted molar refractivity (Wildman–Crippen MR) is 109 cm³/mol. The molecule has 0 radical (unpaired) electrons. The molecule has 1 aromatic carbocycles. The Balaban J connectivity index is 1.64. The van der Waals surface area contributed by atoms with Crippen molar-refractivity contribution in [3.05, 3.63) is 64.6 Å². The van der Waals surface area contributed by atoms with Crippen molar-refractivity contribution >= 4 is 23.4 Å². The second-order valence-electron chi connectivity index (χ2n) is 7.18. The molecule has 0 aliphatic carbocycles. The number of allylic oxidation sites excluding steroid dienone is 2. The van der Waals surface area contributed by atoms with Gasteiger partial charge in [0.05, 0.1) is 6.54 Å². The van der Waals surface area contributed by atoms with E-state index in [1.807, 2.05) is 31.2 Å². The van der Waals surface area contributed by atoms with Crippen LogP contribution in [0.3, 0.4) is 0 Å². The average Bonchev–Trinajstić information content (AvgIpc) is 2.91. The fourth-order valence-corrected chi connectivity index (χ4v) is 3.47. The number of carbonyl (C=O) groups excluding carboxylic acids is 3. The number of carbonyl (C=O) groups is 3. The Hall–Kier alpha value is -3.55. The number of nitrogens with one attached hydrogen (secondary N) is 1. The number of hydrogen-bond acceptors (Lipinski definition) is 6. The maximum absolute atomic E-state index is 12.4. The standard InChI is InChI=1S/C21H25N5O3/c1-13-5-3-6-14(11-13)16(22)8-9-17(23)24-18(27)12-26-10-4-7-15-19(26)21(29)25(2)20(15)28/h3,5-6,8-9,11H,4,7,10,12,22-23H2,1-2H3,(H,24,27)/b16-8-,17-9+. The third kappa shape index (κ3) is 4.31. The van der Waals surface area contributed by atoms with E-state index in [0.717, 1.165) is 16.0 Å². The molecule has 29 heavy (non-hydrogen) atoms. The molecule has 3 amide bonds. The van der Waals surface area contributed by atoms with Crippen LogP contribution >= 0.6 is 0 Å². The topological polar surface area (TPSA) is 122 Å². The molecule has 0 bridgehead atoms. The Labute approximate surface area is 169 Å². The van der Waals surface area contributed by atoms with Gasteiger partial charge in [-0.1, -0.05) is 23.8 Å². The van der Waals surface area contributed by atoms with Gasteiger partial charge in [-0.3, -0.25) is 19.3 Å². The monoisotopic (exact) mass is 395 g/mol. The fourth-order valence-electron chi connectivity index (χ4n) is 3.47. The van der Waals surface area contributed by atoms with Gasteiger partial charge >= 0.3 is 0 Å². The number of aryl methyl sites for hydroxylation is 1. The SMILES string of the molecule is Cc1cccc(/C(N)=C/C=C(\N)NC(=O)CN2CCCC3=C2C(=O)N(C)C3=O)c1. The molecule has 0 spiro atoms. The van der Waals surface area contributed by atoms with Crippen LogP contribution in [0.2, 0.25) is 0 Å². The number of likely N-dealkylation sites (N-methyl/N-ethyl adjacent to an activating group) is 1. The molecule has 0 unspecified atom stereocenters. The fraction of sp³-hybridized carbons (Fsp3) is 0.286. The van der Waals surface area contributed by atoms with E-state index < -0.39 is 0 Å². The molecule has 2 heterocycles. The third-order valence-corrected chi connectivity index (χ3v) is 4.94. The molecular weight excluding hydrogens is 370 g/mol. The number of hydrogen-bond donors (Lipinski definition) is 3. The first kappa shape index (κ1) is 20.2. The van der Waals surface area contributed by atoms with E-state index in [-0.39, 0.29) is 30.1 Å². The highest BCUT2D eigenvalue weighted by molar-refractivity contribution is 6.19. The van der Waals surface area contributed by atoms with Crippen LogP contribution in [0.1, 0.15) is 24.0 Å². The van der Waals surface area contributed by atoms with Gasteiger partial charge in [0, 0.05) is 24.9 Å². The van der Waals surface area contributed by atoms with Crippen LogP contribution in [0, 0.1) is 6.92 Å². The van der Waals surface area contributed by atoms with Crippen molar-refractivity contribution in [2.75, 3.05) is 20.1 Å². The van der Waals surface area contributed by atoms with E-state index in [0.29, 0.717) is 36.4 Å². The molecule has 0 atom stereocenters. The zero-order valence-corrected chi connectivity index (χ0v) is 16.6. The Bertz CT molecular complexity index is 961. The molecule has 2 aliphatic heterocycles. The molecule has 1 aromatic rings. The molecule has 5 N–H and O–H groups in total. The number of imide groups is 1. The average molecular weight is 395 g/mol. The van der Waals surface area contributed by atoms with Crippen LogP contribution in [0.4, 0.5) is 0 Å². The molecule has 0 saturated carbocycles. The minimum atomic E-state index is -0.371. The van der Waals surface area contributed by atoms with Crippen LogP contribution in [-0.4, -0.2) is 47.7 Å². The molecule has 2 aliphatic rings. The summed E-state index contributed by atoms with van der Waals surface area (Å²) in [6.07, 6.45) is 4.40. The summed E-state index contributed by atoms with van der Waals surface area (Å²) in [5.74, 6) is -0.881. The maximum Gasteiger partial charge on any atom is 0.277 e. The molecule has 0 fully saturated rings. The van der Waals surface area contributed by atoms with Crippen LogP contribution in [-0.2, 0) is 14.4 Å². The predicted octanol–water partition coefficient (Wildman–Crippen LogP) is 0.559. The highest BCUT2D eigenvalue weighted by Crippen LogP contribution is 2.30. The number of nitrogens with two attached hydrogens (primary N) is 2. The van der Waals surface area contributed by atoms with Crippen LogP contribution < -0.4 is 16.8 Å². The zero-order valence-electron chi connectivity index (χ0n) is 16.6.